The quantitative estimate of drug-likeness (QED) is 0.916. The van der Waals surface area contributed by atoms with E-state index >= 15 is 0 Å². The molecule has 0 unspecified atom stereocenters. The van der Waals surface area contributed by atoms with Gasteiger partial charge in [-0.05, 0) is 16.3 Å². The van der Waals surface area contributed by atoms with E-state index in [4.69, 9.17) is 5.73 Å². The number of rotatable bonds is 5. The summed E-state index contributed by atoms with van der Waals surface area (Å²) in [4.78, 5) is 15.7. The third kappa shape index (κ3) is 3.64. The van der Waals surface area contributed by atoms with Crippen molar-refractivity contribution in [1.29, 1.82) is 0 Å². The molecule has 1 amide bonds. The molecule has 1 fully saturated rings. The maximum absolute atomic E-state index is 10.9. The van der Waals surface area contributed by atoms with E-state index in [-0.39, 0.29) is 5.91 Å². The van der Waals surface area contributed by atoms with Crippen LogP contribution >= 0.6 is 0 Å². The van der Waals surface area contributed by atoms with Crippen molar-refractivity contribution in [3.8, 4) is 0 Å². The number of carbonyl (C=O) groups is 1. The number of hydrogen-bond acceptors (Lipinski definition) is 3. The minimum absolute atomic E-state index is 0.210. The molecule has 22 heavy (non-hydrogen) atoms. The number of nitrogens with zero attached hydrogens (tertiary/aromatic N) is 2. The van der Waals surface area contributed by atoms with Gasteiger partial charge in [0.25, 0.3) is 0 Å². The fourth-order valence-corrected chi connectivity index (χ4v) is 3.11. The Kier molecular flexibility index (Phi) is 4.71. The number of piperazine rings is 1. The van der Waals surface area contributed by atoms with Crippen LogP contribution in [0, 0.1) is 0 Å². The number of amides is 1. The maximum atomic E-state index is 10.9. The molecule has 4 nitrogen and oxygen atoms in total. The number of primary amides is 1. The zero-order chi connectivity index (χ0) is 15.4. The van der Waals surface area contributed by atoms with E-state index in [0.29, 0.717) is 6.42 Å². The summed E-state index contributed by atoms with van der Waals surface area (Å²) in [5.41, 5.74) is 6.61. The number of fused-ring (bicyclic) bond motifs is 1. The second-order valence-electron chi connectivity index (χ2n) is 5.97. The molecule has 3 rings (SSSR count). The van der Waals surface area contributed by atoms with E-state index in [2.05, 4.69) is 52.3 Å². The monoisotopic (exact) mass is 297 g/mol. The highest BCUT2D eigenvalue weighted by atomic mass is 16.1. The Morgan fingerprint density at radius 1 is 0.955 bits per heavy atom. The zero-order valence-corrected chi connectivity index (χ0v) is 12.9. The van der Waals surface area contributed by atoms with Gasteiger partial charge in [-0.2, -0.15) is 0 Å². The molecular formula is C18H23N3O. The number of nitrogens with two attached hydrogens (primary N) is 1. The van der Waals surface area contributed by atoms with Crippen LogP contribution in [0.5, 0.6) is 0 Å². The van der Waals surface area contributed by atoms with Crippen LogP contribution in [-0.2, 0) is 11.3 Å². The third-order valence-corrected chi connectivity index (χ3v) is 4.41. The van der Waals surface area contributed by atoms with Crippen LogP contribution in [0.25, 0.3) is 10.8 Å². The van der Waals surface area contributed by atoms with Crippen molar-refractivity contribution in [2.45, 2.75) is 13.0 Å². The molecule has 0 atom stereocenters. The van der Waals surface area contributed by atoms with Gasteiger partial charge < -0.3 is 10.6 Å². The van der Waals surface area contributed by atoms with Gasteiger partial charge >= 0.3 is 0 Å². The molecule has 116 valence electrons. The van der Waals surface area contributed by atoms with E-state index in [1.807, 2.05) is 0 Å². The van der Waals surface area contributed by atoms with E-state index in [9.17, 15) is 4.79 Å². The summed E-state index contributed by atoms with van der Waals surface area (Å²) in [6.45, 7) is 5.89. The van der Waals surface area contributed by atoms with Crippen LogP contribution < -0.4 is 5.73 Å². The molecule has 0 saturated carbocycles. The summed E-state index contributed by atoms with van der Waals surface area (Å²) in [5.74, 6) is -0.210. The summed E-state index contributed by atoms with van der Waals surface area (Å²) in [6, 6.07) is 15.1. The Morgan fingerprint density at radius 3 is 2.41 bits per heavy atom. The fourth-order valence-electron chi connectivity index (χ4n) is 3.11. The molecule has 2 aromatic carbocycles. The topological polar surface area (TPSA) is 49.6 Å². The van der Waals surface area contributed by atoms with E-state index < -0.39 is 0 Å². The standard InChI is InChI=1S/C18H23N3O/c19-18(22)8-9-20-10-12-21(13-11-20)14-16-6-3-5-15-4-1-2-7-17(15)16/h1-7H,8-14H2,(H2,19,22). The number of carbonyl (C=O) groups excluding carboxylic acids is 1. The minimum Gasteiger partial charge on any atom is -0.370 e. The number of benzene rings is 2. The second-order valence-corrected chi connectivity index (χ2v) is 5.97. The predicted octanol–water partition coefficient (Wildman–Crippen LogP) is 1.83. The Balaban J connectivity index is 1.59. The molecule has 1 aliphatic rings. The van der Waals surface area contributed by atoms with Crippen molar-refractivity contribution in [2.75, 3.05) is 32.7 Å². The highest BCUT2D eigenvalue weighted by molar-refractivity contribution is 5.85. The van der Waals surface area contributed by atoms with Crippen LogP contribution in [-0.4, -0.2) is 48.4 Å². The summed E-state index contributed by atoms with van der Waals surface area (Å²) in [6.07, 6.45) is 0.462. The van der Waals surface area contributed by atoms with Crippen molar-refractivity contribution in [1.82, 2.24) is 9.80 Å². The lowest BCUT2D eigenvalue weighted by Crippen LogP contribution is -2.46. The van der Waals surface area contributed by atoms with E-state index in [1.54, 1.807) is 0 Å². The van der Waals surface area contributed by atoms with Gasteiger partial charge in [0.05, 0.1) is 0 Å². The zero-order valence-electron chi connectivity index (χ0n) is 12.9. The highest BCUT2D eigenvalue weighted by Gasteiger charge is 2.17. The average Bonchev–Trinajstić information content (AvgIpc) is 2.54. The Morgan fingerprint density at radius 2 is 1.64 bits per heavy atom. The van der Waals surface area contributed by atoms with Gasteiger partial charge in [0.1, 0.15) is 0 Å². The molecule has 1 heterocycles. The second kappa shape index (κ2) is 6.90. The molecule has 2 aromatic rings. The first-order chi connectivity index (χ1) is 10.7. The smallest absolute Gasteiger partial charge is 0.218 e. The van der Waals surface area contributed by atoms with Gasteiger partial charge in [-0.3, -0.25) is 9.69 Å². The Bertz CT molecular complexity index is 642. The first kappa shape index (κ1) is 15.0. The van der Waals surface area contributed by atoms with Crippen LogP contribution in [0.2, 0.25) is 0 Å². The minimum atomic E-state index is -0.210. The predicted molar refractivity (Wildman–Crippen MR) is 89.5 cm³/mol. The summed E-state index contributed by atoms with van der Waals surface area (Å²) in [7, 11) is 0. The molecule has 1 aliphatic heterocycles. The molecular weight excluding hydrogens is 274 g/mol. The molecule has 0 spiro atoms. The van der Waals surface area contributed by atoms with E-state index in [1.165, 1.54) is 16.3 Å². The SMILES string of the molecule is NC(=O)CCN1CCN(Cc2cccc3ccccc23)CC1. The normalized spacial score (nSPS) is 16.9. The Hall–Kier alpha value is -1.91. The van der Waals surface area contributed by atoms with Gasteiger partial charge in [-0.25, -0.2) is 0 Å². The van der Waals surface area contributed by atoms with Gasteiger partial charge in [0.15, 0.2) is 0 Å². The molecule has 0 aromatic heterocycles. The molecule has 4 heteroatoms. The largest absolute Gasteiger partial charge is 0.370 e. The van der Waals surface area contributed by atoms with Crippen molar-refractivity contribution in [2.24, 2.45) is 5.73 Å². The van der Waals surface area contributed by atoms with Crippen LogP contribution in [0.3, 0.4) is 0 Å². The lowest BCUT2D eigenvalue weighted by Gasteiger charge is -2.34. The van der Waals surface area contributed by atoms with Gasteiger partial charge in [0.2, 0.25) is 5.91 Å². The first-order valence-corrected chi connectivity index (χ1v) is 7.92. The van der Waals surface area contributed by atoms with Crippen LogP contribution in [0.1, 0.15) is 12.0 Å². The van der Waals surface area contributed by atoms with Crippen molar-refractivity contribution in [3.05, 3.63) is 48.0 Å². The highest BCUT2D eigenvalue weighted by Crippen LogP contribution is 2.20. The fraction of sp³-hybridized carbons (Fsp3) is 0.389. The summed E-state index contributed by atoms with van der Waals surface area (Å²) >= 11 is 0. The lowest BCUT2D eigenvalue weighted by atomic mass is 10.0. The summed E-state index contributed by atoms with van der Waals surface area (Å²) in [5, 5.41) is 2.65. The van der Waals surface area contributed by atoms with Crippen molar-refractivity contribution < 1.29 is 4.79 Å². The number of hydrogen-bond donors (Lipinski definition) is 1. The van der Waals surface area contributed by atoms with Crippen LogP contribution in [0.15, 0.2) is 42.5 Å². The van der Waals surface area contributed by atoms with Gasteiger partial charge in [0, 0.05) is 45.7 Å². The van der Waals surface area contributed by atoms with Crippen molar-refractivity contribution in [3.63, 3.8) is 0 Å². The molecule has 0 radical (unpaired) electrons. The molecule has 1 saturated heterocycles. The molecule has 0 aliphatic carbocycles. The first-order valence-electron chi connectivity index (χ1n) is 7.92. The Labute approximate surface area is 131 Å². The van der Waals surface area contributed by atoms with Gasteiger partial charge in [-0.15, -0.1) is 0 Å². The van der Waals surface area contributed by atoms with Crippen LogP contribution in [0.4, 0.5) is 0 Å². The third-order valence-electron chi connectivity index (χ3n) is 4.41. The van der Waals surface area contributed by atoms with E-state index in [0.717, 1.165) is 39.3 Å². The molecule has 0 bridgehead atoms. The lowest BCUT2D eigenvalue weighted by molar-refractivity contribution is -0.118. The maximum Gasteiger partial charge on any atom is 0.218 e. The summed E-state index contributed by atoms with van der Waals surface area (Å²) < 4.78 is 0. The van der Waals surface area contributed by atoms with Crippen molar-refractivity contribution >= 4 is 16.7 Å². The average molecular weight is 297 g/mol. The molecule has 2 N–H and O–H groups in total. The van der Waals surface area contributed by atoms with Gasteiger partial charge in [-0.1, -0.05) is 42.5 Å².